The minimum Gasteiger partial charge on any atom is -0.455 e. The van der Waals surface area contributed by atoms with E-state index >= 15 is 0 Å². The molecule has 0 fully saturated rings. The molecular formula is C32H27N5O2. The number of benzene rings is 4. The number of carbonyl (C=O) groups excluding carboxylic acids is 1. The van der Waals surface area contributed by atoms with Crippen molar-refractivity contribution in [2.75, 3.05) is 16.4 Å². The highest BCUT2D eigenvalue weighted by Crippen LogP contribution is 2.35. The van der Waals surface area contributed by atoms with Gasteiger partial charge in [0.2, 0.25) is 5.91 Å². The van der Waals surface area contributed by atoms with Crippen LogP contribution in [0.25, 0.3) is 33.2 Å². The van der Waals surface area contributed by atoms with Crippen LogP contribution in [0.1, 0.15) is 16.7 Å². The Morgan fingerprint density at radius 1 is 0.846 bits per heavy atom. The van der Waals surface area contributed by atoms with Gasteiger partial charge in [0.05, 0.1) is 12.1 Å². The van der Waals surface area contributed by atoms with E-state index in [1.54, 1.807) is 0 Å². The third-order valence-corrected chi connectivity index (χ3v) is 7.08. The molecule has 0 saturated carbocycles. The van der Waals surface area contributed by atoms with Crippen LogP contribution in [0.5, 0.6) is 0 Å². The first-order chi connectivity index (χ1) is 19.0. The molecule has 39 heavy (non-hydrogen) atoms. The van der Waals surface area contributed by atoms with Crippen LogP contribution < -0.4 is 16.4 Å². The summed E-state index contributed by atoms with van der Waals surface area (Å²) in [4.78, 5) is 21.5. The highest BCUT2D eigenvalue weighted by molar-refractivity contribution is 6.09. The van der Waals surface area contributed by atoms with Gasteiger partial charge in [-0.3, -0.25) is 4.79 Å². The van der Waals surface area contributed by atoms with E-state index in [9.17, 15) is 4.79 Å². The lowest BCUT2D eigenvalue weighted by atomic mass is 9.99. The van der Waals surface area contributed by atoms with Crippen LogP contribution in [-0.2, 0) is 11.2 Å². The lowest BCUT2D eigenvalue weighted by molar-refractivity contribution is -0.115. The van der Waals surface area contributed by atoms with E-state index < -0.39 is 0 Å². The fourth-order valence-corrected chi connectivity index (χ4v) is 4.77. The Labute approximate surface area is 225 Å². The number of nitrogens with two attached hydrogens (primary N) is 1. The molecule has 0 aliphatic rings. The summed E-state index contributed by atoms with van der Waals surface area (Å²) in [6.07, 6.45) is 1.82. The number of furan rings is 1. The number of nitrogens with one attached hydrogen (secondary N) is 2. The fourth-order valence-electron chi connectivity index (χ4n) is 4.77. The molecule has 0 spiro atoms. The van der Waals surface area contributed by atoms with Gasteiger partial charge in [-0.1, -0.05) is 36.4 Å². The molecule has 2 heterocycles. The largest absolute Gasteiger partial charge is 0.455 e. The fraction of sp³-hybridized carbons (Fsp3) is 0.0938. The van der Waals surface area contributed by atoms with Crippen LogP contribution in [0.15, 0.2) is 95.7 Å². The van der Waals surface area contributed by atoms with Crippen molar-refractivity contribution in [3.8, 4) is 11.3 Å². The summed E-state index contributed by atoms with van der Waals surface area (Å²) in [6.45, 7) is 3.96. The maximum absolute atomic E-state index is 12.6. The van der Waals surface area contributed by atoms with Gasteiger partial charge in [-0.25, -0.2) is 9.97 Å². The number of nitrogen functional groups attached to an aromatic ring is 1. The second kappa shape index (κ2) is 9.95. The first-order valence-corrected chi connectivity index (χ1v) is 12.7. The number of nitrogens with zero attached hydrogens (tertiary/aromatic N) is 2. The van der Waals surface area contributed by atoms with E-state index in [4.69, 9.17) is 10.2 Å². The number of amides is 1. The average molecular weight is 514 g/mol. The Bertz CT molecular complexity index is 1840. The van der Waals surface area contributed by atoms with E-state index in [0.717, 1.165) is 66.9 Å². The quantitative estimate of drug-likeness (QED) is 0.204. The van der Waals surface area contributed by atoms with E-state index in [1.165, 1.54) is 6.33 Å². The van der Waals surface area contributed by atoms with Crippen LogP contribution in [-0.4, -0.2) is 15.9 Å². The van der Waals surface area contributed by atoms with E-state index in [1.807, 2.05) is 86.6 Å². The topological polar surface area (TPSA) is 106 Å². The Hall–Kier alpha value is -5.17. The van der Waals surface area contributed by atoms with Crippen molar-refractivity contribution in [2.45, 2.75) is 20.3 Å². The summed E-state index contributed by atoms with van der Waals surface area (Å²) in [5, 5.41) is 8.42. The highest BCUT2D eigenvalue weighted by atomic mass is 16.3. The minimum atomic E-state index is -0.0804. The van der Waals surface area contributed by atoms with Gasteiger partial charge in [-0.2, -0.15) is 0 Å². The van der Waals surface area contributed by atoms with Gasteiger partial charge in [0.15, 0.2) is 0 Å². The predicted octanol–water partition coefficient (Wildman–Crippen LogP) is 7.17. The van der Waals surface area contributed by atoms with Crippen LogP contribution in [0.2, 0.25) is 0 Å². The first-order valence-electron chi connectivity index (χ1n) is 12.7. The van der Waals surface area contributed by atoms with E-state index in [2.05, 4.69) is 32.7 Å². The number of hydrogen-bond donors (Lipinski definition) is 3. The monoisotopic (exact) mass is 513 g/mol. The molecule has 0 unspecified atom stereocenters. The predicted molar refractivity (Wildman–Crippen MR) is 157 cm³/mol. The average Bonchev–Trinajstić information content (AvgIpc) is 3.34. The summed E-state index contributed by atoms with van der Waals surface area (Å²) in [6, 6.07) is 27.3. The normalized spacial score (nSPS) is 11.1. The maximum Gasteiger partial charge on any atom is 0.228 e. The molecule has 4 N–H and O–H groups in total. The molecule has 4 aromatic carbocycles. The molecule has 1 amide bonds. The summed E-state index contributed by atoms with van der Waals surface area (Å²) >= 11 is 0. The molecular weight excluding hydrogens is 486 g/mol. The van der Waals surface area contributed by atoms with Gasteiger partial charge in [0.25, 0.3) is 0 Å². The number of para-hydroxylation sites is 2. The van der Waals surface area contributed by atoms with Gasteiger partial charge >= 0.3 is 0 Å². The van der Waals surface area contributed by atoms with Crippen LogP contribution >= 0.6 is 0 Å². The minimum absolute atomic E-state index is 0.0804. The van der Waals surface area contributed by atoms with Gasteiger partial charge in [-0.15, -0.1) is 0 Å². The second-order valence-electron chi connectivity index (χ2n) is 9.56. The standard InChI is InChI=1S/C32H27N5O2/c1-19-20(2)27(33)15-10-21(19)16-31(38)37-23-13-11-22(12-14-23)36-30-17-28(34-18-35-30)26-8-5-7-25-24-6-3-4-9-29(24)39-32(25)26/h3-15,17-18H,16,33H2,1-2H3,(H,37,38)(H,34,35,36). The third-order valence-electron chi connectivity index (χ3n) is 7.08. The molecule has 0 bridgehead atoms. The zero-order chi connectivity index (χ0) is 26.9. The van der Waals surface area contributed by atoms with Crippen LogP contribution in [0.4, 0.5) is 22.9 Å². The number of carbonyl (C=O) groups is 1. The SMILES string of the molecule is Cc1c(N)ccc(CC(=O)Nc2ccc(Nc3cc(-c4cccc5c4oc4ccccc45)ncn3)cc2)c1C. The summed E-state index contributed by atoms with van der Waals surface area (Å²) in [7, 11) is 0. The zero-order valence-electron chi connectivity index (χ0n) is 21.7. The molecule has 0 atom stereocenters. The van der Waals surface area contributed by atoms with Gasteiger partial charge in [0, 0.05) is 39.5 Å². The molecule has 0 aliphatic carbocycles. The molecule has 7 nitrogen and oxygen atoms in total. The van der Waals surface area contributed by atoms with E-state index in [0.29, 0.717) is 5.82 Å². The van der Waals surface area contributed by atoms with Crippen LogP contribution in [0.3, 0.4) is 0 Å². The molecule has 6 rings (SSSR count). The molecule has 7 heteroatoms. The van der Waals surface area contributed by atoms with Gasteiger partial charge < -0.3 is 20.8 Å². The van der Waals surface area contributed by atoms with Crippen molar-refractivity contribution >= 4 is 50.7 Å². The van der Waals surface area contributed by atoms with Crippen molar-refractivity contribution in [2.24, 2.45) is 0 Å². The smallest absolute Gasteiger partial charge is 0.228 e. The molecule has 0 aliphatic heterocycles. The van der Waals surface area contributed by atoms with Crippen molar-refractivity contribution in [3.05, 3.63) is 108 Å². The van der Waals surface area contributed by atoms with Crippen molar-refractivity contribution < 1.29 is 9.21 Å². The number of rotatable bonds is 6. The third kappa shape index (κ3) is 4.78. The first kappa shape index (κ1) is 24.2. The van der Waals surface area contributed by atoms with Gasteiger partial charge in [0.1, 0.15) is 23.3 Å². The Balaban J connectivity index is 1.17. The maximum atomic E-state index is 12.6. The summed E-state index contributed by atoms with van der Waals surface area (Å²) in [5.74, 6) is 0.572. The lowest BCUT2D eigenvalue weighted by Crippen LogP contribution is -2.15. The highest BCUT2D eigenvalue weighted by Gasteiger charge is 2.14. The lowest BCUT2D eigenvalue weighted by Gasteiger charge is -2.12. The molecule has 2 aromatic heterocycles. The number of fused-ring (bicyclic) bond motifs is 3. The van der Waals surface area contributed by atoms with Crippen molar-refractivity contribution in [3.63, 3.8) is 0 Å². The Morgan fingerprint density at radius 2 is 1.62 bits per heavy atom. The number of aromatic nitrogens is 2. The molecule has 192 valence electrons. The van der Waals surface area contributed by atoms with Crippen molar-refractivity contribution in [1.29, 1.82) is 0 Å². The zero-order valence-corrected chi connectivity index (χ0v) is 21.7. The molecule has 0 saturated heterocycles. The number of hydrogen-bond acceptors (Lipinski definition) is 6. The Kier molecular flexibility index (Phi) is 6.17. The Morgan fingerprint density at radius 3 is 2.46 bits per heavy atom. The summed E-state index contributed by atoms with van der Waals surface area (Å²) < 4.78 is 6.18. The molecule has 0 radical (unpaired) electrons. The second-order valence-corrected chi connectivity index (χ2v) is 9.56. The summed E-state index contributed by atoms with van der Waals surface area (Å²) in [5.41, 5.74) is 14.6. The van der Waals surface area contributed by atoms with Crippen molar-refractivity contribution in [1.82, 2.24) is 9.97 Å². The van der Waals surface area contributed by atoms with Gasteiger partial charge in [-0.05, 0) is 73.0 Å². The number of anilines is 4. The molecule has 6 aromatic rings. The van der Waals surface area contributed by atoms with Crippen LogP contribution in [0, 0.1) is 13.8 Å². The van der Waals surface area contributed by atoms with E-state index in [-0.39, 0.29) is 12.3 Å².